The maximum absolute atomic E-state index is 12.8. The van der Waals surface area contributed by atoms with Crippen molar-refractivity contribution in [3.63, 3.8) is 0 Å². The molecule has 0 bridgehead atoms. The Hall–Kier alpha value is -3.34. The first-order valence-electron chi connectivity index (χ1n) is 10.9. The number of carbonyl (C=O) groups is 1. The van der Waals surface area contributed by atoms with Gasteiger partial charge in [-0.15, -0.1) is 0 Å². The average Bonchev–Trinajstić information content (AvgIpc) is 2.74. The Kier molecular flexibility index (Phi) is 6.78. The number of aliphatic hydroxyl groups is 1. The van der Waals surface area contributed by atoms with Crippen molar-refractivity contribution in [2.24, 2.45) is 16.3 Å². The van der Waals surface area contributed by atoms with E-state index in [1.165, 1.54) is 47.6 Å². The van der Waals surface area contributed by atoms with Gasteiger partial charge in [0.25, 0.3) is 0 Å². The molecule has 1 saturated heterocycles. The van der Waals surface area contributed by atoms with E-state index in [0.717, 1.165) is 0 Å². The molecule has 1 aromatic heterocycles. The third-order valence-corrected chi connectivity index (χ3v) is 5.94. The van der Waals surface area contributed by atoms with Gasteiger partial charge in [-0.3, -0.25) is 4.98 Å². The predicted molar refractivity (Wildman–Crippen MR) is 122 cm³/mol. The van der Waals surface area contributed by atoms with E-state index >= 15 is 0 Å². The van der Waals surface area contributed by atoms with Crippen LogP contribution < -0.4 is 5.73 Å². The fraction of sp³-hybridized carbons (Fsp3) is 0.458. The molecule has 0 spiro atoms. The zero-order valence-electron chi connectivity index (χ0n) is 19.9. The molecule has 3 rings (SSSR count). The molecule has 2 aromatic rings. The summed E-state index contributed by atoms with van der Waals surface area (Å²) in [5.41, 5.74) is 3.14. The number of amidine groups is 1. The van der Waals surface area contributed by atoms with Crippen molar-refractivity contribution in [3.05, 3.63) is 65.0 Å². The minimum atomic E-state index is -4.37. The molecule has 190 valence electrons. The smallest absolute Gasteiger partial charge is 0.410 e. The molecule has 11 heteroatoms. The highest BCUT2D eigenvalue weighted by Gasteiger charge is 2.58. The van der Waals surface area contributed by atoms with Gasteiger partial charge < -0.3 is 25.7 Å². The first-order chi connectivity index (χ1) is 16.1. The highest BCUT2D eigenvalue weighted by atomic mass is 19.4. The summed E-state index contributed by atoms with van der Waals surface area (Å²) in [6.07, 6.45) is -3.26. The summed E-state index contributed by atoms with van der Waals surface area (Å²) in [6.45, 7) is 7.20. The lowest BCUT2D eigenvalue weighted by atomic mass is 9.62. The Balaban J connectivity index is 2.03. The van der Waals surface area contributed by atoms with E-state index in [1.807, 2.05) is 0 Å². The number of carbonyl (C=O) groups excluding carboxylic acids is 1. The lowest BCUT2D eigenvalue weighted by Crippen LogP contribution is -2.66. The maximum Gasteiger partial charge on any atom is 0.410 e. The Morgan fingerprint density at radius 2 is 1.77 bits per heavy atom. The van der Waals surface area contributed by atoms with Gasteiger partial charge in [0.2, 0.25) is 0 Å². The Labute approximate surface area is 201 Å². The van der Waals surface area contributed by atoms with Gasteiger partial charge in [0.15, 0.2) is 5.84 Å². The zero-order chi connectivity index (χ0) is 26.2. The molecule has 1 aliphatic rings. The number of pyridine rings is 1. The Bertz CT molecular complexity index is 1110. The van der Waals surface area contributed by atoms with Crippen molar-refractivity contribution >= 4 is 11.9 Å². The molecule has 35 heavy (non-hydrogen) atoms. The van der Waals surface area contributed by atoms with Gasteiger partial charge in [0.1, 0.15) is 11.2 Å². The van der Waals surface area contributed by atoms with Gasteiger partial charge in [-0.25, -0.2) is 4.79 Å². The molecule has 1 aliphatic heterocycles. The number of hydrogen-bond acceptors (Lipinski definition) is 6. The minimum absolute atomic E-state index is 0.0429. The van der Waals surface area contributed by atoms with Gasteiger partial charge in [0, 0.05) is 42.0 Å². The van der Waals surface area contributed by atoms with Crippen LogP contribution in [0, 0.1) is 5.41 Å². The number of alkyl halides is 3. The van der Waals surface area contributed by atoms with E-state index in [9.17, 15) is 23.1 Å². The van der Waals surface area contributed by atoms with Crippen LogP contribution in [0.25, 0.3) is 0 Å². The van der Waals surface area contributed by atoms with Gasteiger partial charge in [-0.05, 0) is 38.0 Å². The standard InChI is InChI=1S/C24H29F3N4O4/c1-21(2,3)35-20(32)31-13-22(4,14-31)24(33,18-9-16(11-29-12-18)19(28)30-34)17-7-5-15(6-8-17)10-23(25,26)27/h5-9,11-12,33-34H,10,13-14H2,1-4H3,(H2,28,30)/t24-/m0/s1. The summed E-state index contributed by atoms with van der Waals surface area (Å²) in [4.78, 5) is 18.1. The molecule has 1 aromatic carbocycles. The molecular formula is C24H29F3N4O4. The number of aromatic nitrogens is 1. The lowest BCUT2D eigenvalue weighted by Gasteiger charge is -2.56. The summed E-state index contributed by atoms with van der Waals surface area (Å²) in [5, 5.41) is 24.2. The predicted octanol–water partition coefficient (Wildman–Crippen LogP) is 3.77. The van der Waals surface area contributed by atoms with Crippen LogP contribution in [0.3, 0.4) is 0 Å². The fourth-order valence-electron chi connectivity index (χ4n) is 4.28. The van der Waals surface area contributed by atoms with Crippen molar-refractivity contribution < 1.29 is 33.0 Å². The van der Waals surface area contributed by atoms with Crippen LogP contribution in [0.2, 0.25) is 0 Å². The van der Waals surface area contributed by atoms with Crippen LogP contribution in [0.4, 0.5) is 18.0 Å². The van der Waals surface area contributed by atoms with Crippen molar-refractivity contribution in [3.8, 4) is 0 Å². The number of likely N-dealkylation sites (tertiary alicyclic amines) is 1. The van der Waals surface area contributed by atoms with E-state index in [1.54, 1.807) is 27.7 Å². The second-order valence-electron chi connectivity index (χ2n) is 10.0. The maximum atomic E-state index is 12.8. The first-order valence-corrected chi connectivity index (χ1v) is 10.9. The molecule has 2 heterocycles. The number of hydrogen-bond donors (Lipinski definition) is 3. The molecule has 4 N–H and O–H groups in total. The third-order valence-electron chi connectivity index (χ3n) is 5.94. The van der Waals surface area contributed by atoms with Crippen molar-refractivity contribution in [1.82, 2.24) is 9.88 Å². The third kappa shape index (κ3) is 5.50. The van der Waals surface area contributed by atoms with Crippen LogP contribution >= 0.6 is 0 Å². The summed E-state index contributed by atoms with van der Waals surface area (Å²) in [6, 6.07) is 6.97. The topological polar surface area (TPSA) is 121 Å². The van der Waals surface area contributed by atoms with Crippen LogP contribution in [-0.4, -0.2) is 57.0 Å². The van der Waals surface area contributed by atoms with Gasteiger partial charge in [-0.2, -0.15) is 13.2 Å². The van der Waals surface area contributed by atoms with Crippen molar-refractivity contribution in [1.29, 1.82) is 0 Å². The number of benzene rings is 1. The fourth-order valence-corrected chi connectivity index (χ4v) is 4.28. The van der Waals surface area contributed by atoms with E-state index in [4.69, 9.17) is 15.7 Å². The highest BCUT2D eigenvalue weighted by Crippen LogP contribution is 2.51. The number of halogens is 3. The van der Waals surface area contributed by atoms with Crippen molar-refractivity contribution in [2.75, 3.05) is 13.1 Å². The quantitative estimate of drug-likeness (QED) is 0.252. The van der Waals surface area contributed by atoms with Crippen LogP contribution in [0.15, 0.2) is 47.9 Å². The highest BCUT2D eigenvalue weighted by molar-refractivity contribution is 5.96. The van der Waals surface area contributed by atoms with Crippen LogP contribution in [0.5, 0.6) is 0 Å². The van der Waals surface area contributed by atoms with Crippen LogP contribution in [0.1, 0.15) is 49.9 Å². The van der Waals surface area contributed by atoms with Gasteiger partial charge >= 0.3 is 12.3 Å². The number of ether oxygens (including phenoxy) is 1. The molecular weight excluding hydrogens is 465 g/mol. The normalized spacial score (nSPS) is 17.9. The second-order valence-corrected chi connectivity index (χ2v) is 10.0. The Morgan fingerprint density at radius 3 is 2.29 bits per heavy atom. The summed E-state index contributed by atoms with van der Waals surface area (Å²) < 4.78 is 43.9. The molecule has 0 saturated carbocycles. The zero-order valence-corrected chi connectivity index (χ0v) is 19.9. The molecule has 1 fully saturated rings. The Morgan fingerprint density at radius 1 is 1.17 bits per heavy atom. The molecule has 1 atom stereocenters. The van der Waals surface area contributed by atoms with Gasteiger partial charge in [-0.1, -0.05) is 36.3 Å². The summed E-state index contributed by atoms with van der Waals surface area (Å²) in [7, 11) is 0. The summed E-state index contributed by atoms with van der Waals surface area (Å²) >= 11 is 0. The summed E-state index contributed by atoms with van der Waals surface area (Å²) in [5.74, 6) is -0.226. The van der Waals surface area contributed by atoms with E-state index < -0.39 is 35.3 Å². The van der Waals surface area contributed by atoms with E-state index in [-0.39, 0.29) is 35.6 Å². The van der Waals surface area contributed by atoms with E-state index in [0.29, 0.717) is 5.56 Å². The molecule has 0 radical (unpaired) electrons. The molecule has 8 nitrogen and oxygen atoms in total. The van der Waals surface area contributed by atoms with E-state index in [2.05, 4.69) is 10.1 Å². The van der Waals surface area contributed by atoms with Gasteiger partial charge in [0.05, 0.1) is 6.42 Å². The lowest BCUT2D eigenvalue weighted by molar-refractivity contribution is -0.131. The monoisotopic (exact) mass is 494 g/mol. The average molecular weight is 495 g/mol. The first kappa shape index (κ1) is 26.3. The molecule has 1 amide bonds. The number of rotatable bonds is 5. The number of oxime groups is 1. The SMILES string of the molecule is CC(C)(C)OC(=O)N1CC(C)([C@](O)(c2ccc(CC(F)(F)F)cc2)c2cncc(C(N)=NO)c2)C1. The minimum Gasteiger partial charge on any atom is -0.444 e. The number of nitrogens with two attached hydrogens (primary N) is 1. The van der Waals surface area contributed by atoms with Crippen LogP contribution in [-0.2, 0) is 16.8 Å². The molecule has 0 aliphatic carbocycles. The number of nitrogens with zero attached hydrogens (tertiary/aromatic N) is 3. The molecule has 0 unspecified atom stereocenters. The van der Waals surface area contributed by atoms with Crippen molar-refractivity contribution in [2.45, 2.75) is 51.5 Å². The second kappa shape index (κ2) is 9.03. The number of amides is 1. The largest absolute Gasteiger partial charge is 0.444 e.